The van der Waals surface area contributed by atoms with Crippen LogP contribution in [0.2, 0.25) is 0 Å². The molecule has 1 aromatic carbocycles. The summed E-state index contributed by atoms with van der Waals surface area (Å²) in [6.45, 7) is 8.08. The summed E-state index contributed by atoms with van der Waals surface area (Å²) in [6, 6.07) is 10.6. The minimum Gasteiger partial charge on any atom is -0.378 e. The zero-order chi connectivity index (χ0) is 16.5. The zero-order valence-electron chi connectivity index (χ0n) is 14.5. The fraction of sp³-hybridized carbons (Fsp3) is 0.611. The van der Waals surface area contributed by atoms with E-state index in [2.05, 4.69) is 59.4 Å². The van der Waals surface area contributed by atoms with Crippen molar-refractivity contribution in [2.45, 2.75) is 42.9 Å². The third-order valence-corrected chi connectivity index (χ3v) is 5.10. The van der Waals surface area contributed by atoms with E-state index < -0.39 is 0 Å². The highest BCUT2D eigenvalue weighted by Gasteiger charge is 2.21. The van der Waals surface area contributed by atoms with Crippen LogP contribution in [0.5, 0.6) is 0 Å². The summed E-state index contributed by atoms with van der Waals surface area (Å²) in [5.74, 6) is 1.01. The molecule has 0 amide bonds. The van der Waals surface area contributed by atoms with Crippen molar-refractivity contribution >= 4 is 17.7 Å². The summed E-state index contributed by atoms with van der Waals surface area (Å²) in [5.41, 5.74) is 0. The average molecular weight is 336 g/mol. The molecule has 0 saturated carbocycles. The molecule has 1 fully saturated rings. The van der Waals surface area contributed by atoms with Gasteiger partial charge >= 0.3 is 0 Å². The van der Waals surface area contributed by atoms with E-state index in [1.54, 1.807) is 0 Å². The van der Waals surface area contributed by atoms with E-state index in [0.717, 1.165) is 45.0 Å². The molecule has 23 heavy (non-hydrogen) atoms. The lowest BCUT2D eigenvalue weighted by Crippen LogP contribution is -2.48. The maximum Gasteiger partial charge on any atom is 0.193 e. The van der Waals surface area contributed by atoms with Crippen LogP contribution in [0.3, 0.4) is 0 Å². The van der Waals surface area contributed by atoms with Crippen molar-refractivity contribution in [3.05, 3.63) is 30.3 Å². The number of likely N-dealkylation sites (tertiary alicyclic amines) is 1. The van der Waals surface area contributed by atoms with Crippen molar-refractivity contribution < 1.29 is 4.74 Å². The second-order valence-corrected chi connectivity index (χ2v) is 7.32. The number of benzene rings is 1. The lowest BCUT2D eigenvalue weighted by atomic mass is 10.1. The molecule has 1 heterocycles. The Labute approximate surface area is 144 Å². The van der Waals surface area contributed by atoms with Crippen LogP contribution >= 0.6 is 11.8 Å². The summed E-state index contributed by atoms with van der Waals surface area (Å²) >= 11 is 1.89. The van der Waals surface area contributed by atoms with Gasteiger partial charge in [0.2, 0.25) is 0 Å². The number of piperidine rings is 1. The molecule has 0 radical (unpaired) electrons. The predicted molar refractivity (Wildman–Crippen MR) is 99.3 cm³/mol. The molecule has 4 nitrogen and oxygen atoms in total. The van der Waals surface area contributed by atoms with E-state index >= 15 is 0 Å². The summed E-state index contributed by atoms with van der Waals surface area (Å²) < 4.78 is 5.72. The van der Waals surface area contributed by atoms with Crippen molar-refractivity contribution in [3.8, 4) is 0 Å². The molecule has 0 aromatic heterocycles. The number of nitrogens with one attached hydrogen (secondary N) is 1. The second-order valence-electron chi connectivity index (χ2n) is 5.81. The molecule has 1 N–H and O–H groups in total. The van der Waals surface area contributed by atoms with Gasteiger partial charge in [-0.2, -0.15) is 0 Å². The van der Waals surface area contributed by atoms with Gasteiger partial charge in [-0.15, -0.1) is 11.8 Å². The summed E-state index contributed by atoms with van der Waals surface area (Å²) in [5, 5.41) is 4.02. The van der Waals surface area contributed by atoms with E-state index in [9.17, 15) is 0 Å². The molecule has 0 aliphatic carbocycles. The van der Waals surface area contributed by atoms with Gasteiger partial charge in [-0.25, -0.2) is 0 Å². The van der Waals surface area contributed by atoms with Crippen LogP contribution in [-0.2, 0) is 4.74 Å². The largest absolute Gasteiger partial charge is 0.378 e. The number of aliphatic imine (C=N–C) groups is 1. The van der Waals surface area contributed by atoms with Gasteiger partial charge in [0.15, 0.2) is 5.96 Å². The number of guanidine groups is 1. The average Bonchev–Trinajstić information content (AvgIpc) is 2.58. The molecule has 5 heteroatoms. The minimum atomic E-state index is 0.418. The smallest absolute Gasteiger partial charge is 0.193 e. The molecule has 1 aliphatic heterocycles. The van der Waals surface area contributed by atoms with Gasteiger partial charge in [0.05, 0.1) is 6.10 Å². The van der Waals surface area contributed by atoms with Crippen LogP contribution in [-0.4, -0.2) is 55.5 Å². The van der Waals surface area contributed by atoms with E-state index in [1.807, 2.05) is 18.8 Å². The zero-order valence-corrected chi connectivity index (χ0v) is 15.3. The number of nitrogens with zero attached hydrogens (tertiary/aromatic N) is 2. The Morgan fingerprint density at radius 3 is 2.65 bits per heavy atom. The quantitative estimate of drug-likeness (QED) is 0.492. The number of hydrogen-bond acceptors (Lipinski definition) is 3. The first-order chi connectivity index (χ1) is 11.2. The van der Waals surface area contributed by atoms with Gasteiger partial charge < -0.3 is 15.0 Å². The molecule has 0 bridgehead atoms. The molecule has 128 valence electrons. The topological polar surface area (TPSA) is 36.9 Å². The highest BCUT2D eigenvalue weighted by atomic mass is 32.2. The van der Waals surface area contributed by atoms with Crippen LogP contribution in [0.25, 0.3) is 0 Å². The lowest BCUT2D eigenvalue weighted by molar-refractivity contribution is 0.0264. The Hall–Kier alpha value is -1.20. The monoisotopic (exact) mass is 335 g/mol. The van der Waals surface area contributed by atoms with E-state index in [-0.39, 0.29) is 0 Å². The highest BCUT2D eigenvalue weighted by Crippen LogP contribution is 2.22. The molecule has 2 rings (SSSR count). The van der Waals surface area contributed by atoms with Crippen molar-refractivity contribution in [2.75, 3.05) is 33.3 Å². The van der Waals surface area contributed by atoms with Gasteiger partial charge in [-0.1, -0.05) is 25.1 Å². The predicted octanol–water partition coefficient (Wildman–Crippen LogP) is 3.24. The van der Waals surface area contributed by atoms with Gasteiger partial charge in [0, 0.05) is 43.4 Å². The van der Waals surface area contributed by atoms with E-state index in [1.165, 1.54) is 4.90 Å². The van der Waals surface area contributed by atoms with Crippen molar-refractivity contribution in [2.24, 2.45) is 4.99 Å². The first kappa shape index (κ1) is 18.1. The molecule has 1 atom stereocenters. The van der Waals surface area contributed by atoms with Gasteiger partial charge in [-0.05, 0) is 31.9 Å². The van der Waals surface area contributed by atoms with Gasteiger partial charge in [0.1, 0.15) is 0 Å². The second kappa shape index (κ2) is 9.83. The summed E-state index contributed by atoms with van der Waals surface area (Å²) in [7, 11) is 1.87. The fourth-order valence-electron chi connectivity index (χ4n) is 2.81. The fourth-order valence-corrected chi connectivity index (χ4v) is 3.76. The van der Waals surface area contributed by atoms with Crippen molar-refractivity contribution in [3.63, 3.8) is 0 Å². The van der Waals surface area contributed by atoms with Gasteiger partial charge in [-0.3, -0.25) is 4.99 Å². The Morgan fingerprint density at radius 2 is 2.04 bits per heavy atom. The number of ether oxygens (including phenoxy) is 1. The van der Waals surface area contributed by atoms with Crippen LogP contribution in [0.15, 0.2) is 40.2 Å². The Morgan fingerprint density at radius 1 is 1.35 bits per heavy atom. The molecular formula is C18H29N3OS. The summed E-state index contributed by atoms with van der Waals surface area (Å²) in [6.07, 6.45) is 2.59. The third kappa shape index (κ3) is 6.07. The molecule has 1 saturated heterocycles. The lowest BCUT2D eigenvalue weighted by Gasteiger charge is -2.34. The number of rotatable bonds is 6. The Kier molecular flexibility index (Phi) is 7.76. The van der Waals surface area contributed by atoms with Crippen molar-refractivity contribution in [1.82, 2.24) is 10.2 Å². The standard InChI is InChI=1S/C18H29N3OS/c1-4-22-16-10-12-21(13-11-16)18(19-3)20-14-15(2)23-17-8-6-5-7-9-17/h5-9,15-16H,4,10-14H2,1-3H3,(H,19,20). The third-order valence-electron chi connectivity index (χ3n) is 3.98. The van der Waals surface area contributed by atoms with E-state index in [4.69, 9.17) is 4.74 Å². The molecule has 1 aromatic rings. The van der Waals surface area contributed by atoms with Crippen LogP contribution in [0.4, 0.5) is 0 Å². The number of hydrogen-bond donors (Lipinski definition) is 1. The number of thioether (sulfide) groups is 1. The van der Waals surface area contributed by atoms with Crippen LogP contribution in [0, 0.1) is 0 Å². The molecular weight excluding hydrogens is 306 g/mol. The minimum absolute atomic E-state index is 0.418. The Balaban J connectivity index is 1.75. The SMILES string of the molecule is CCOC1CCN(C(=NC)NCC(C)Sc2ccccc2)CC1. The Bertz CT molecular complexity index is 472. The van der Waals surface area contributed by atoms with Crippen molar-refractivity contribution in [1.29, 1.82) is 0 Å². The maximum absolute atomic E-state index is 5.72. The van der Waals surface area contributed by atoms with E-state index in [0.29, 0.717) is 11.4 Å². The highest BCUT2D eigenvalue weighted by molar-refractivity contribution is 8.00. The molecule has 0 spiro atoms. The van der Waals surface area contributed by atoms with Crippen LogP contribution in [0.1, 0.15) is 26.7 Å². The molecule has 1 aliphatic rings. The first-order valence-corrected chi connectivity index (χ1v) is 9.39. The van der Waals surface area contributed by atoms with Crippen LogP contribution < -0.4 is 5.32 Å². The maximum atomic E-state index is 5.72. The first-order valence-electron chi connectivity index (χ1n) is 8.51. The van der Waals surface area contributed by atoms with Gasteiger partial charge in [0.25, 0.3) is 0 Å². The normalized spacial score (nSPS) is 18.0. The molecule has 1 unspecified atom stereocenters. The summed E-state index contributed by atoms with van der Waals surface area (Å²) in [4.78, 5) is 8.10.